The molecule has 2 aliphatic rings. The molecular weight excluding hydrogens is 220 g/mol. The van der Waals surface area contributed by atoms with E-state index in [1.165, 1.54) is 7.11 Å². The number of carbonyl (C=O) groups excluding carboxylic acids is 1. The van der Waals surface area contributed by atoms with Gasteiger partial charge in [0.1, 0.15) is 0 Å². The summed E-state index contributed by atoms with van der Waals surface area (Å²) < 4.78 is 16.2. The lowest BCUT2D eigenvalue weighted by molar-refractivity contribution is -0.227. The largest absolute Gasteiger partial charge is 0.469 e. The normalized spacial score (nSPS) is 38.7. The Labute approximate surface area is 103 Å². The third-order valence-corrected chi connectivity index (χ3v) is 3.78. The van der Waals surface area contributed by atoms with Crippen LogP contribution in [0.2, 0.25) is 0 Å². The van der Waals surface area contributed by atoms with Gasteiger partial charge in [-0.1, -0.05) is 6.92 Å². The molecule has 1 aliphatic heterocycles. The van der Waals surface area contributed by atoms with Crippen LogP contribution in [0.15, 0.2) is 0 Å². The first-order valence-electron chi connectivity index (χ1n) is 6.51. The second kappa shape index (κ2) is 5.83. The first kappa shape index (κ1) is 12.8. The predicted molar refractivity (Wildman–Crippen MR) is 62.3 cm³/mol. The van der Waals surface area contributed by atoms with E-state index in [2.05, 4.69) is 6.92 Å². The molecule has 1 saturated carbocycles. The van der Waals surface area contributed by atoms with Crippen molar-refractivity contribution in [2.75, 3.05) is 20.3 Å². The van der Waals surface area contributed by atoms with Crippen molar-refractivity contribution in [3.05, 3.63) is 0 Å². The lowest BCUT2D eigenvalue weighted by atomic mass is 9.81. The molecular formula is C13H22O4. The molecule has 0 amide bonds. The van der Waals surface area contributed by atoms with E-state index in [4.69, 9.17) is 14.2 Å². The van der Waals surface area contributed by atoms with E-state index in [1.54, 1.807) is 0 Å². The molecule has 0 aromatic rings. The minimum absolute atomic E-state index is 0.0511. The van der Waals surface area contributed by atoms with Gasteiger partial charge in [0.15, 0.2) is 6.29 Å². The van der Waals surface area contributed by atoms with Gasteiger partial charge < -0.3 is 14.2 Å². The molecule has 2 fully saturated rings. The lowest BCUT2D eigenvalue weighted by Gasteiger charge is -2.36. The summed E-state index contributed by atoms with van der Waals surface area (Å²) in [4.78, 5) is 11.4. The Morgan fingerprint density at radius 2 is 1.71 bits per heavy atom. The molecule has 0 aromatic carbocycles. The Morgan fingerprint density at radius 3 is 2.24 bits per heavy atom. The highest BCUT2D eigenvalue weighted by Crippen LogP contribution is 2.34. The fraction of sp³-hybridized carbons (Fsp3) is 0.923. The zero-order valence-corrected chi connectivity index (χ0v) is 10.7. The third kappa shape index (κ3) is 3.19. The molecule has 0 radical (unpaired) electrons. The molecule has 0 N–H and O–H groups in total. The molecule has 1 heterocycles. The van der Waals surface area contributed by atoms with Gasteiger partial charge >= 0.3 is 5.97 Å². The summed E-state index contributed by atoms with van der Waals surface area (Å²) in [5.74, 6) is 0.961. The van der Waals surface area contributed by atoms with Crippen LogP contribution in [0.1, 0.15) is 32.6 Å². The van der Waals surface area contributed by atoms with Crippen LogP contribution < -0.4 is 0 Å². The van der Waals surface area contributed by atoms with E-state index in [9.17, 15) is 4.79 Å². The van der Waals surface area contributed by atoms with Crippen molar-refractivity contribution < 1.29 is 19.0 Å². The third-order valence-electron chi connectivity index (χ3n) is 3.78. The summed E-state index contributed by atoms with van der Waals surface area (Å²) in [6.45, 7) is 3.72. The van der Waals surface area contributed by atoms with Gasteiger partial charge in [0.2, 0.25) is 0 Å². The quantitative estimate of drug-likeness (QED) is 0.694. The molecule has 1 saturated heterocycles. The van der Waals surface area contributed by atoms with Crippen LogP contribution in [0.3, 0.4) is 0 Å². The Hall–Kier alpha value is -0.610. The Morgan fingerprint density at radius 1 is 1.12 bits per heavy atom. The molecule has 4 nitrogen and oxygen atoms in total. The number of methoxy groups -OCH3 is 1. The summed E-state index contributed by atoms with van der Waals surface area (Å²) in [5, 5.41) is 0. The first-order valence-corrected chi connectivity index (χ1v) is 6.51. The fourth-order valence-corrected chi connectivity index (χ4v) is 2.68. The Bertz CT molecular complexity index is 250. The van der Waals surface area contributed by atoms with E-state index in [-0.39, 0.29) is 18.2 Å². The number of hydrogen-bond acceptors (Lipinski definition) is 4. The van der Waals surface area contributed by atoms with Crippen molar-refractivity contribution in [2.45, 2.75) is 38.9 Å². The van der Waals surface area contributed by atoms with Crippen LogP contribution in [0.4, 0.5) is 0 Å². The number of esters is 1. The van der Waals surface area contributed by atoms with Crippen LogP contribution in [-0.2, 0) is 19.0 Å². The van der Waals surface area contributed by atoms with E-state index >= 15 is 0 Å². The van der Waals surface area contributed by atoms with Crippen molar-refractivity contribution in [1.82, 2.24) is 0 Å². The Kier molecular flexibility index (Phi) is 4.40. The molecule has 17 heavy (non-hydrogen) atoms. The summed E-state index contributed by atoms with van der Waals surface area (Å²) in [7, 11) is 1.46. The van der Waals surface area contributed by atoms with Crippen LogP contribution in [-0.4, -0.2) is 32.6 Å². The zero-order chi connectivity index (χ0) is 12.3. The minimum Gasteiger partial charge on any atom is -0.469 e. The maximum absolute atomic E-state index is 11.4. The minimum atomic E-state index is -0.0671. The average Bonchev–Trinajstić information content (AvgIpc) is 2.39. The standard InChI is InChI=1S/C13H22O4/c1-9-7-16-13(17-8-9)11-5-3-10(4-6-11)12(14)15-2/h9-11,13H,3-8H2,1-2H3. The summed E-state index contributed by atoms with van der Waals surface area (Å²) in [5.41, 5.74) is 0. The summed E-state index contributed by atoms with van der Waals surface area (Å²) >= 11 is 0. The van der Waals surface area contributed by atoms with E-state index in [0.29, 0.717) is 11.8 Å². The zero-order valence-electron chi connectivity index (χ0n) is 10.7. The van der Waals surface area contributed by atoms with Crippen molar-refractivity contribution in [1.29, 1.82) is 0 Å². The second-order valence-corrected chi connectivity index (χ2v) is 5.28. The van der Waals surface area contributed by atoms with Crippen LogP contribution >= 0.6 is 0 Å². The molecule has 0 bridgehead atoms. The van der Waals surface area contributed by atoms with Gasteiger partial charge in [-0.25, -0.2) is 0 Å². The average molecular weight is 242 g/mol. The van der Waals surface area contributed by atoms with Crippen molar-refractivity contribution >= 4 is 5.97 Å². The van der Waals surface area contributed by atoms with Crippen molar-refractivity contribution in [3.63, 3.8) is 0 Å². The molecule has 1 aliphatic carbocycles. The molecule has 2 rings (SSSR count). The molecule has 0 aromatic heterocycles. The predicted octanol–water partition coefficient (Wildman–Crippen LogP) is 1.97. The highest BCUT2D eigenvalue weighted by molar-refractivity contribution is 5.72. The SMILES string of the molecule is COC(=O)C1CCC(C2OCC(C)CO2)CC1. The van der Waals surface area contributed by atoms with Crippen LogP contribution in [0, 0.1) is 17.8 Å². The van der Waals surface area contributed by atoms with Crippen molar-refractivity contribution in [2.24, 2.45) is 17.8 Å². The van der Waals surface area contributed by atoms with Gasteiger partial charge in [0, 0.05) is 11.8 Å². The van der Waals surface area contributed by atoms with Gasteiger partial charge in [-0.3, -0.25) is 4.79 Å². The van der Waals surface area contributed by atoms with E-state index in [0.717, 1.165) is 38.9 Å². The van der Waals surface area contributed by atoms with E-state index < -0.39 is 0 Å². The van der Waals surface area contributed by atoms with Gasteiger partial charge in [-0.2, -0.15) is 0 Å². The molecule has 0 atom stereocenters. The number of carbonyl (C=O) groups is 1. The van der Waals surface area contributed by atoms with Crippen molar-refractivity contribution in [3.8, 4) is 0 Å². The Balaban J connectivity index is 1.77. The summed E-state index contributed by atoms with van der Waals surface area (Å²) in [6, 6.07) is 0. The molecule has 0 unspecified atom stereocenters. The fourth-order valence-electron chi connectivity index (χ4n) is 2.68. The maximum atomic E-state index is 11.4. The first-order chi connectivity index (χ1) is 8.20. The number of rotatable bonds is 2. The monoisotopic (exact) mass is 242 g/mol. The van der Waals surface area contributed by atoms with Gasteiger partial charge in [0.25, 0.3) is 0 Å². The lowest BCUT2D eigenvalue weighted by Crippen LogP contribution is -2.38. The van der Waals surface area contributed by atoms with Crippen LogP contribution in [0.25, 0.3) is 0 Å². The molecule has 4 heteroatoms. The smallest absolute Gasteiger partial charge is 0.308 e. The topological polar surface area (TPSA) is 44.8 Å². The molecule has 0 spiro atoms. The van der Waals surface area contributed by atoms with Crippen LogP contribution in [0.5, 0.6) is 0 Å². The van der Waals surface area contributed by atoms with Gasteiger partial charge in [-0.15, -0.1) is 0 Å². The number of ether oxygens (including phenoxy) is 3. The highest BCUT2D eigenvalue weighted by Gasteiger charge is 2.33. The van der Waals surface area contributed by atoms with E-state index in [1.807, 2.05) is 0 Å². The molecule has 98 valence electrons. The highest BCUT2D eigenvalue weighted by atomic mass is 16.7. The maximum Gasteiger partial charge on any atom is 0.308 e. The van der Waals surface area contributed by atoms with Gasteiger partial charge in [-0.05, 0) is 25.7 Å². The number of hydrogen-bond donors (Lipinski definition) is 0. The van der Waals surface area contributed by atoms with Gasteiger partial charge in [0.05, 0.1) is 26.2 Å². The second-order valence-electron chi connectivity index (χ2n) is 5.28. The summed E-state index contributed by atoms with van der Waals surface area (Å²) in [6.07, 6.45) is 3.74.